The molecule has 1 rings (SSSR count). The van der Waals surface area contributed by atoms with Crippen molar-refractivity contribution in [2.75, 3.05) is 13.2 Å². The fraction of sp³-hybridized carbons (Fsp3) is 0.333. The molecule has 1 aromatic rings. The lowest BCUT2D eigenvalue weighted by molar-refractivity contribution is 0.228. The standard InChI is InChI=1S/C9H10BrFO2/c10-7-2-3-9(8(11)6-7)13-5-1-4-12/h2-3,6,12H,1,4-5H2. The first-order valence-electron chi connectivity index (χ1n) is 3.93. The number of benzene rings is 1. The predicted octanol–water partition coefficient (Wildman–Crippen LogP) is 2.35. The molecule has 0 atom stereocenters. The topological polar surface area (TPSA) is 29.5 Å². The van der Waals surface area contributed by atoms with E-state index < -0.39 is 5.82 Å². The number of halogens is 2. The van der Waals surface area contributed by atoms with Gasteiger partial charge in [-0.05, 0) is 18.2 Å². The normalized spacial score (nSPS) is 10.1. The third-order valence-corrected chi connectivity index (χ3v) is 1.95. The Balaban J connectivity index is 2.56. The van der Waals surface area contributed by atoms with E-state index in [4.69, 9.17) is 9.84 Å². The Bertz CT molecular complexity index is 278. The van der Waals surface area contributed by atoms with Crippen LogP contribution in [0, 0.1) is 5.82 Å². The number of rotatable bonds is 4. The number of hydrogen-bond donors (Lipinski definition) is 1. The molecular weight excluding hydrogens is 239 g/mol. The molecule has 0 amide bonds. The summed E-state index contributed by atoms with van der Waals surface area (Å²) in [5.74, 6) is -0.177. The van der Waals surface area contributed by atoms with Crippen LogP contribution in [0.15, 0.2) is 22.7 Å². The molecule has 0 saturated heterocycles. The van der Waals surface area contributed by atoms with Crippen molar-refractivity contribution in [3.63, 3.8) is 0 Å². The summed E-state index contributed by atoms with van der Waals surface area (Å²) in [5.41, 5.74) is 0. The molecule has 2 nitrogen and oxygen atoms in total. The highest BCUT2D eigenvalue weighted by Crippen LogP contribution is 2.21. The van der Waals surface area contributed by atoms with E-state index in [0.717, 1.165) is 0 Å². The van der Waals surface area contributed by atoms with E-state index in [1.54, 1.807) is 12.1 Å². The van der Waals surface area contributed by atoms with E-state index >= 15 is 0 Å². The average Bonchev–Trinajstić information content (AvgIpc) is 2.09. The van der Waals surface area contributed by atoms with E-state index in [2.05, 4.69) is 15.9 Å². The van der Waals surface area contributed by atoms with E-state index in [1.165, 1.54) is 6.07 Å². The predicted molar refractivity (Wildman–Crippen MR) is 51.3 cm³/mol. The van der Waals surface area contributed by atoms with Gasteiger partial charge in [0, 0.05) is 17.5 Å². The quantitative estimate of drug-likeness (QED) is 0.830. The largest absolute Gasteiger partial charge is 0.490 e. The molecule has 1 aromatic carbocycles. The second-order valence-corrected chi connectivity index (χ2v) is 3.42. The molecule has 1 N–H and O–H groups in total. The molecule has 0 saturated carbocycles. The van der Waals surface area contributed by atoms with Gasteiger partial charge in [0.2, 0.25) is 0 Å². The minimum Gasteiger partial charge on any atom is -0.490 e. The van der Waals surface area contributed by atoms with Crippen molar-refractivity contribution in [1.29, 1.82) is 0 Å². The van der Waals surface area contributed by atoms with Gasteiger partial charge < -0.3 is 9.84 Å². The zero-order valence-corrected chi connectivity index (χ0v) is 8.55. The van der Waals surface area contributed by atoms with Crippen LogP contribution in [0.25, 0.3) is 0 Å². The fourth-order valence-corrected chi connectivity index (χ4v) is 1.17. The van der Waals surface area contributed by atoms with Crippen molar-refractivity contribution >= 4 is 15.9 Å². The van der Waals surface area contributed by atoms with Crippen LogP contribution in [0.5, 0.6) is 5.75 Å². The van der Waals surface area contributed by atoms with Gasteiger partial charge in [0.05, 0.1) is 6.61 Å². The second-order valence-electron chi connectivity index (χ2n) is 2.50. The van der Waals surface area contributed by atoms with Crippen LogP contribution < -0.4 is 4.74 Å². The van der Waals surface area contributed by atoms with Gasteiger partial charge in [-0.15, -0.1) is 0 Å². The molecule has 0 aromatic heterocycles. The van der Waals surface area contributed by atoms with E-state index in [1.807, 2.05) is 0 Å². The van der Waals surface area contributed by atoms with Crippen LogP contribution in [-0.4, -0.2) is 18.3 Å². The summed E-state index contributed by atoms with van der Waals surface area (Å²) >= 11 is 3.14. The number of hydrogen-bond acceptors (Lipinski definition) is 2. The molecule has 0 heterocycles. The highest BCUT2D eigenvalue weighted by atomic mass is 79.9. The molecule has 0 spiro atoms. The van der Waals surface area contributed by atoms with Gasteiger partial charge in [-0.2, -0.15) is 0 Å². The Morgan fingerprint density at radius 2 is 2.23 bits per heavy atom. The smallest absolute Gasteiger partial charge is 0.166 e. The van der Waals surface area contributed by atoms with Crippen molar-refractivity contribution in [1.82, 2.24) is 0 Å². The summed E-state index contributed by atoms with van der Waals surface area (Å²) in [5, 5.41) is 8.48. The van der Waals surface area contributed by atoms with Gasteiger partial charge in [0.1, 0.15) is 0 Å². The minimum atomic E-state index is -0.396. The molecule has 0 aliphatic carbocycles. The molecule has 0 aliphatic heterocycles. The van der Waals surface area contributed by atoms with Gasteiger partial charge in [-0.25, -0.2) is 4.39 Å². The lowest BCUT2D eigenvalue weighted by atomic mass is 10.3. The summed E-state index contributed by atoms with van der Waals surface area (Å²) in [6.45, 7) is 0.382. The Kier molecular flexibility index (Phi) is 4.18. The molecule has 4 heteroatoms. The third-order valence-electron chi connectivity index (χ3n) is 1.45. The Morgan fingerprint density at radius 1 is 1.46 bits per heavy atom. The molecule has 0 radical (unpaired) electrons. The monoisotopic (exact) mass is 248 g/mol. The first kappa shape index (κ1) is 10.5. The lowest BCUT2D eigenvalue weighted by Gasteiger charge is -2.05. The SMILES string of the molecule is OCCCOc1ccc(Br)cc1F. The molecule has 13 heavy (non-hydrogen) atoms. The maximum atomic E-state index is 13.1. The Hall–Kier alpha value is -0.610. The summed E-state index contributed by atoms with van der Waals surface area (Å²) < 4.78 is 18.8. The van der Waals surface area contributed by atoms with Crippen LogP contribution in [0.4, 0.5) is 4.39 Å². The zero-order valence-electron chi connectivity index (χ0n) is 6.96. The fourth-order valence-electron chi connectivity index (χ4n) is 0.839. The van der Waals surface area contributed by atoms with Crippen LogP contribution in [-0.2, 0) is 0 Å². The van der Waals surface area contributed by atoms with Crippen LogP contribution in [0.2, 0.25) is 0 Å². The van der Waals surface area contributed by atoms with Crippen LogP contribution in [0.3, 0.4) is 0 Å². The highest BCUT2D eigenvalue weighted by molar-refractivity contribution is 9.10. The van der Waals surface area contributed by atoms with Gasteiger partial charge in [-0.1, -0.05) is 15.9 Å². The Morgan fingerprint density at radius 3 is 2.85 bits per heavy atom. The lowest BCUT2D eigenvalue weighted by Crippen LogP contribution is -2.01. The number of ether oxygens (including phenoxy) is 1. The van der Waals surface area contributed by atoms with Crippen molar-refractivity contribution in [3.05, 3.63) is 28.5 Å². The first-order valence-corrected chi connectivity index (χ1v) is 4.72. The summed E-state index contributed by atoms with van der Waals surface area (Å²) in [6.07, 6.45) is 0.509. The molecular formula is C9H10BrFO2. The van der Waals surface area contributed by atoms with Crippen LogP contribution >= 0.6 is 15.9 Å². The minimum absolute atomic E-state index is 0.0537. The molecule has 0 bridgehead atoms. The van der Waals surface area contributed by atoms with Crippen LogP contribution in [0.1, 0.15) is 6.42 Å². The highest BCUT2D eigenvalue weighted by Gasteiger charge is 2.02. The van der Waals surface area contributed by atoms with Gasteiger partial charge in [0.15, 0.2) is 11.6 Å². The Labute approximate surface area is 84.5 Å². The second kappa shape index (κ2) is 5.19. The van der Waals surface area contributed by atoms with Crippen molar-refractivity contribution in [2.45, 2.75) is 6.42 Å². The van der Waals surface area contributed by atoms with E-state index in [9.17, 15) is 4.39 Å². The maximum absolute atomic E-state index is 13.1. The summed E-state index contributed by atoms with van der Waals surface area (Å²) in [7, 11) is 0. The molecule has 0 aliphatic rings. The van der Waals surface area contributed by atoms with Crippen molar-refractivity contribution in [2.24, 2.45) is 0 Å². The van der Waals surface area contributed by atoms with Gasteiger partial charge >= 0.3 is 0 Å². The molecule has 0 fully saturated rings. The molecule has 0 unspecified atom stereocenters. The van der Waals surface area contributed by atoms with Crippen molar-refractivity contribution in [3.8, 4) is 5.75 Å². The number of aliphatic hydroxyl groups is 1. The van der Waals surface area contributed by atoms with E-state index in [-0.39, 0.29) is 12.4 Å². The number of aliphatic hydroxyl groups excluding tert-OH is 1. The van der Waals surface area contributed by atoms with Gasteiger partial charge in [-0.3, -0.25) is 0 Å². The zero-order chi connectivity index (χ0) is 9.68. The van der Waals surface area contributed by atoms with Gasteiger partial charge in [0.25, 0.3) is 0 Å². The molecule has 72 valence electrons. The average molecular weight is 249 g/mol. The van der Waals surface area contributed by atoms with Crippen molar-refractivity contribution < 1.29 is 14.2 Å². The first-order chi connectivity index (χ1) is 6.24. The van der Waals surface area contributed by atoms with E-state index in [0.29, 0.717) is 17.5 Å². The summed E-state index contributed by atoms with van der Waals surface area (Å²) in [6, 6.07) is 4.60. The summed E-state index contributed by atoms with van der Waals surface area (Å²) in [4.78, 5) is 0. The maximum Gasteiger partial charge on any atom is 0.166 e. The third kappa shape index (κ3) is 3.32.